The second-order valence-electron chi connectivity index (χ2n) is 8.73. The van der Waals surface area contributed by atoms with Crippen LogP contribution >= 0.6 is 0 Å². The first-order chi connectivity index (χ1) is 17.2. The van der Waals surface area contributed by atoms with Crippen molar-refractivity contribution in [3.05, 3.63) is 115 Å². The highest BCUT2D eigenvalue weighted by Gasteiger charge is 2.13. The van der Waals surface area contributed by atoms with E-state index >= 15 is 0 Å². The van der Waals surface area contributed by atoms with Gasteiger partial charge in [-0.3, -0.25) is 4.79 Å². The maximum atomic E-state index is 13.0. The summed E-state index contributed by atoms with van der Waals surface area (Å²) in [6, 6.07) is 36.1. The molecule has 0 bridgehead atoms. The van der Waals surface area contributed by atoms with E-state index in [2.05, 4.69) is 41.7 Å². The van der Waals surface area contributed by atoms with E-state index < -0.39 is 0 Å². The van der Waals surface area contributed by atoms with E-state index in [0.29, 0.717) is 11.3 Å². The number of carbonyl (C=O) groups is 1. The lowest BCUT2D eigenvalue weighted by molar-refractivity contribution is 0.102. The minimum absolute atomic E-state index is 0.153. The zero-order chi connectivity index (χ0) is 23.4. The maximum absolute atomic E-state index is 13.0. The molecule has 1 aromatic heterocycles. The largest absolute Gasteiger partial charge is 0.322 e. The number of rotatable bonds is 2. The van der Waals surface area contributed by atoms with Gasteiger partial charge < -0.3 is 5.32 Å². The molecule has 7 aromatic rings. The van der Waals surface area contributed by atoms with Gasteiger partial charge in [-0.05, 0) is 51.9 Å². The van der Waals surface area contributed by atoms with Gasteiger partial charge in [0.25, 0.3) is 5.91 Å². The molecule has 0 spiro atoms. The van der Waals surface area contributed by atoms with Gasteiger partial charge in [0, 0.05) is 22.0 Å². The normalized spacial score (nSPS) is 11.5. The highest BCUT2D eigenvalue weighted by atomic mass is 16.1. The van der Waals surface area contributed by atoms with Crippen molar-refractivity contribution in [1.29, 1.82) is 0 Å². The van der Waals surface area contributed by atoms with Gasteiger partial charge in [0.05, 0.1) is 22.1 Å². The number of hydrogen-bond acceptors (Lipinski definition) is 3. The van der Waals surface area contributed by atoms with Crippen LogP contribution in [0.3, 0.4) is 0 Å². The topological polar surface area (TPSA) is 54.9 Å². The van der Waals surface area contributed by atoms with E-state index in [1.165, 1.54) is 5.39 Å². The third kappa shape index (κ3) is 3.19. The fraction of sp³-hybridized carbons (Fsp3) is 0. The lowest BCUT2D eigenvalue weighted by atomic mass is 9.99. The molecule has 1 N–H and O–H groups in total. The van der Waals surface area contributed by atoms with Crippen LogP contribution in [0.4, 0.5) is 5.69 Å². The van der Waals surface area contributed by atoms with Gasteiger partial charge in [-0.1, -0.05) is 78.9 Å². The molecule has 35 heavy (non-hydrogen) atoms. The van der Waals surface area contributed by atoms with Crippen LogP contribution in [0.5, 0.6) is 0 Å². The Bertz CT molecular complexity index is 1960. The zero-order valence-electron chi connectivity index (χ0n) is 18.7. The molecule has 1 amide bonds. The van der Waals surface area contributed by atoms with Gasteiger partial charge in [-0.15, -0.1) is 0 Å². The average Bonchev–Trinajstić information content (AvgIpc) is 2.92. The Morgan fingerprint density at radius 2 is 1.14 bits per heavy atom. The Hall–Kier alpha value is -4.83. The van der Waals surface area contributed by atoms with Crippen molar-refractivity contribution in [2.24, 2.45) is 0 Å². The molecule has 4 heteroatoms. The second kappa shape index (κ2) is 7.61. The summed E-state index contributed by atoms with van der Waals surface area (Å²) in [7, 11) is 0. The van der Waals surface area contributed by atoms with Crippen molar-refractivity contribution in [2.75, 3.05) is 5.32 Å². The summed E-state index contributed by atoms with van der Waals surface area (Å²) in [6.07, 6.45) is 0. The van der Waals surface area contributed by atoms with Gasteiger partial charge in [-0.2, -0.15) is 0 Å². The summed E-state index contributed by atoms with van der Waals surface area (Å²) >= 11 is 0. The Balaban J connectivity index is 1.35. The Kier molecular flexibility index (Phi) is 4.26. The molecule has 1 heterocycles. The summed E-state index contributed by atoms with van der Waals surface area (Å²) in [6.45, 7) is 0. The number of nitrogens with zero attached hydrogens (tertiary/aromatic N) is 2. The minimum Gasteiger partial charge on any atom is -0.322 e. The minimum atomic E-state index is -0.153. The predicted octanol–water partition coefficient (Wildman–Crippen LogP) is 7.49. The number of carbonyl (C=O) groups excluding carboxylic acids is 1. The molecular formula is C31H19N3O. The monoisotopic (exact) mass is 449 g/mol. The molecule has 4 nitrogen and oxygen atoms in total. The number of benzene rings is 6. The molecule has 0 aliphatic rings. The van der Waals surface area contributed by atoms with Crippen molar-refractivity contribution in [3.8, 4) is 0 Å². The smallest absolute Gasteiger partial charge is 0.255 e. The van der Waals surface area contributed by atoms with Crippen LogP contribution < -0.4 is 5.32 Å². The summed E-state index contributed by atoms with van der Waals surface area (Å²) < 4.78 is 0. The Morgan fingerprint density at radius 1 is 0.543 bits per heavy atom. The van der Waals surface area contributed by atoms with E-state index in [0.717, 1.165) is 49.0 Å². The highest BCUT2D eigenvalue weighted by molar-refractivity contribution is 6.23. The lowest BCUT2D eigenvalue weighted by Gasteiger charge is -2.11. The molecule has 0 unspecified atom stereocenters. The van der Waals surface area contributed by atoms with Crippen molar-refractivity contribution < 1.29 is 4.79 Å². The second-order valence-corrected chi connectivity index (χ2v) is 8.73. The number of anilines is 1. The van der Waals surface area contributed by atoms with Gasteiger partial charge in [-0.25, -0.2) is 9.97 Å². The molecule has 0 radical (unpaired) electrons. The average molecular weight is 450 g/mol. The molecule has 0 saturated heterocycles. The number of aromatic nitrogens is 2. The third-order valence-electron chi connectivity index (χ3n) is 6.59. The predicted molar refractivity (Wildman–Crippen MR) is 144 cm³/mol. The van der Waals surface area contributed by atoms with Crippen LogP contribution in [0, 0.1) is 0 Å². The molecule has 0 atom stereocenters. The van der Waals surface area contributed by atoms with Crippen LogP contribution in [-0.2, 0) is 0 Å². The van der Waals surface area contributed by atoms with E-state index in [9.17, 15) is 4.79 Å². The number of amides is 1. The highest BCUT2D eigenvalue weighted by Crippen LogP contribution is 2.34. The van der Waals surface area contributed by atoms with Crippen LogP contribution in [0.25, 0.3) is 54.4 Å². The van der Waals surface area contributed by atoms with Gasteiger partial charge >= 0.3 is 0 Å². The van der Waals surface area contributed by atoms with Crippen LogP contribution in [-0.4, -0.2) is 15.9 Å². The molecular weight excluding hydrogens is 430 g/mol. The van der Waals surface area contributed by atoms with Crippen molar-refractivity contribution >= 4 is 66.0 Å². The Morgan fingerprint density at radius 3 is 1.86 bits per heavy atom. The van der Waals surface area contributed by atoms with E-state index in [1.807, 2.05) is 72.8 Å². The van der Waals surface area contributed by atoms with Gasteiger partial charge in [0.2, 0.25) is 0 Å². The summed E-state index contributed by atoms with van der Waals surface area (Å²) in [5, 5.41) is 9.65. The van der Waals surface area contributed by atoms with Crippen molar-refractivity contribution in [2.45, 2.75) is 0 Å². The van der Waals surface area contributed by atoms with Crippen molar-refractivity contribution in [3.63, 3.8) is 0 Å². The summed E-state index contributed by atoms with van der Waals surface area (Å²) in [5.74, 6) is -0.153. The Labute approximate surface area is 200 Å². The molecule has 164 valence electrons. The fourth-order valence-electron chi connectivity index (χ4n) is 4.89. The van der Waals surface area contributed by atoms with Gasteiger partial charge in [0.1, 0.15) is 0 Å². The molecule has 7 rings (SSSR count). The van der Waals surface area contributed by atoms with Crippen molar-refractivity contribution in [1.82, 2.24) is 9.97 Å². The van der Waals surface area contributed by atoms with Crippen LogP contribution in [0.2, 0.25) is 0 Å². The number of nitrogens with one attached hydrogen (secondary N) is 1. The van der Waals surface area contributed by atoms with E-state index in [-0.39, 0.29) is 5.91 Å². The SMILES string of the molecule is O=C(Nc1ccc2nc3c4ccccc4c4ccccc4c3nc2c1)c1ccc2ccccc2c1. The van der Waals surface area contributed by atoms with Crippen LogP contribution in [0.15, 0.2) is 109 Å². The summed E-state index contributed by atoms with van der Waals surface area (Å²) in [5.41, 5.74) is 4.60. The molecule has 0 saturated carbocycles. The fourth-order valence-corrected chi connectivity index (χ4v) is 4.89. The molecule has 0 aliphatic heterocycles. The lowest BCUT2D eigenvalue weighted by Crippen LogP contribution is -2.11. The van der Waals surface area contributed by atoms with E-state index in [1.54, 1.807) is 0 Å². The molecule has 6 aromatic carbocycles. The summed E-state index contributed by atoms with van der Waals surface area (Å²) in [4.78, 5) is 23.0. The standard InChI is InChI=1S/C31H19N3O/c35-31(21-14-13-19-7-1-2-8-20(19)17-21)32-22-15-16-27-28(18-22)34-30-26-12-6-4-10-24(26)23-9-3-5-11-25(23)29(30)33-27/h1-18H,(H,32,35). The molecule has 0 fully saturated rings. The van der Waals surface area contributed by atoms with E-state index in [4.69, 9.17) is 9.97 Å². The first-order valence-electron chi connectivity index (χ1n) is 11.6. The van der Waals surface area contributed by atoms with Crippen LogP contribution in [0.1, 0.15) is 10.4 Å². The first kappa shape index (κ1) is 19.6. The maximum Gasteiger partial charge on any atom is 0.255 e. The quantitative estimate of drug-likeness (QED) is 0.220. The first-order valence-corrected chi connectivity index (χ1v) is 11.6. The number of fused-ring (bicyclic) bond motifs is 8. The third-order valence-corrected chi connectivity index (χ3v) is 6.59. The van der Waals surface area contributed by atoms with Gasteiger partial charge in [0.15, 0.2) is 0 Å². The molecule has 0 aliphatic carbocycles. The number of hydrogen-bond donors (Lipinski definition) is 1. The zero-order valence-corrected chi connectivity index (χ0v) is 18.7.